The van der Waals surface area contributed by atoms with Gasteiger partial charge in [-0.2, -0.15) is 0 Å². The van der Waals surface area contributed by atoms with Gasteiger partial charge in [-0.3, -0.25) is 4.90 Å². The highest BCUT2D eigenvalue weighted by Crippen LogP contribution is 2.32. The van der Waals surface area contributed by atoms with Gasteiger partial charge in [0.15, 0.2) is 0 Å². The molecule has 0 radical (unpaired) electrons. The average molecular weight is 242 g/mol. The van der Waals surface area contributed by atoms with E-state index in [9.17, 15) is 0 Å². The number of nitrogens with zero attached hydrogens (tertiary/aromatic N) is 1. The summed E-state index contributed by atoms with van der Waals surface area (Å²) in [6.45, 7) is 11.0. The lowest BCUT2D eigenvalue weighted by atomic mass is 9.76. The van der Waals surface area contributed by atoms with E-state index in [1.165, 1.54) is 6.42 Å². The molecule has 0 bridgehead atoms. The van der Waals surface area contributed by atoms with Crippen molar-refractivity contribution in [3.8, 4) is 0 Å². The van der Waals surface area contributed by atoms with E-state index in [0.29, 0.717) is 24.0 Å². The van der Waals surface area contributed by atoms with Crippen LogP contribution >= 0.6 is 0 Å². The number of methoxy groups -OCH3 is 1. The molecule has 3 heteroatoms. The molecular formula is C14H30N2O. The molecule has 0 heterocycles. The zero-order chi connectivity index (χ0) is 13.0. The van der Waals surface area contributed by atoms with Crippen molar-refractivity contribution in [2.45, 2.75) is 58.7 Å². The Hall–Kier alpha value is -0.120. The van der Waals surface area contributed by atoms with Crippen LogP contribution in [0.4, 0.5) is 0 Å². The van der Waals surface area contributed by atoms with Crippen molar-refractivity contribution < 1.29 is 4.74 Å². The van der Waals surface area contributed by atoms with Crippen LogP contribution < -0.4 is 5.73 Å². The number of hydrogen-bond donors (Lipinski definition) is 1. The summed E-state index contributed by atoms with van der Waals surface area (Å²) in [4.78, 5) is 2.53. The Morgan fingerprint density at radius 1 is 1.35 bits per heavy atom. The van der Waals surface area contributed by atoms with Gasteiger partial charge in [-0.25, -0.2) is 0 Å². The van der Waals surface area contributed by atoms with Crippen LogP contribution in [-0.4, -0.2) is 43.3 Å². The van der Waals surface area contributed by atoms with E-state index in [2.05, 4.69) is 32.6 Å². The van der Waals surface area contributed by atoms with E-state index in [4.69, 9.17) is 10.5 Å². The van der Waals surface area contributed by atoms with Gasteiger partial charge in [-0.05, 0) is 38.1 Å². The fraction of sp³-hybridized carbons (Fsp3) is 1.00. The second-order valence-corrected chi connectivity index (χ2v) is 5.84. The lowest BCUT2D eigenvalue weighted by Gasteiger charge is -2.46. The molecule has 0 spiro atoms. The van der Waals surface area contributed by atoms with Crippen molar-refractivity contribution in [2.75, 3.05) is 20.3 Å². The number of nitrogens with two attached hydrogens (primary N) is 1. The molecule has 1 aliphatic rings. The van der Waals surface area contributed by atoms with Gasteiger partial charge in [0.2, 0.25) is 0 Å². The second-order valence-electron chi connectivity index (χ2n) is 5.84. The average Bonchev–Trinajstić information content (AvgIpc) is 2.23. The second kappa shape index (κ2) is 6.72. The maximum absolute atomic E-state index is 6.39. The molecule has 102 valence electrons. The zero-order valence-corrected chi connectivity index (χ0v) is 12.1. The van der Waals surface area contributed by atoms with Crippen LogP contribution in [0.1, 0.15) is 40.5 Å². The Bertz CT molecular complexity index is 210. The minimum Gasteiger partial charge on any atom is -0.383 e. The van der Waals surface area contributed by atoms with Gasteiger partial charge >= 0.3 is 0 Å². The molecule has 0 saturated heterocycles. The molecule has 0 amide bonds. The summed E-state index contributed by atoms with van der Waals surface area (Å²) in [5.41, 5.74) is 6.39. The lowest BCUT2D eigenvalue weighted by Crippen LogP contribution is -2.58. The maximum Gasteiger partial charge on any atom is 0.0615 e. The quantitative estimate of drug-likeness (QED) is 0.802. The van der Waals surface area contributed by atoms with Gasteiger partial charge in [-0.15, -0.1) is 0 Å². The van der Waals surface area contributed by atoms with E-state index in [-0.39, 0.29) is 0 Å². The largest absolute Gasteiger partial charge is 0.383 e. The van der Waals surface area contributed by atoms with Crippen molar-refractivity contribution in [3.63, 3.8) is 0 Å². The highest BCUT2D eigenvalue weighted by Gasteiger charge is 2.36. The molecule has 2 N–H and O–H groups in total. The minimum absolute atomic E-state index is 0.313. The summed E-state index contributed by atoms with van der Waals surface area (Å²) in [5, 5.41) is 0. The first-order valence-electron chi connectivity index (χ1n) is 7.01. The smallest absolute Gasteiger partial charge is 0.0615 e. The van der Waals surface area contributed by atoms with Crippen LogP contribution in [-0.2, 0) is 4.74 Å². The first-order valence-corrected chi connectivity index (χ1v) is 7.01. The van der Waals surface area contributed by atoms with Crippen LogP contribution in [0.25, 0.3) is 0 Å². The molecular weight excluding hydrogens is 212 g/mol. The van der Waals surface area contributed by atoms with E-state index in [0.717, 1.165) is 25.5 Å². The first kappa shape index (κ1) is 14.9. The Kier molecular flexibility index (Phi) is 5.90. The Morgan fingerprint density at radius 3 is 2.47 bits per heavy atom. The molecule has 5 unspecified atom stereocenters. The Morgan fingerprint density at radius 2 is 2.00 bits per heavy atom. The van der Waals surface area contributed by atoms with Gasteiger partial charge in [-0.1, -0.05) is 20.8 Å². The normalized spacial score (nSPS) is 36.2. The fourth-order valence-corrected chi connectivity index (χ4v) is 3.62. The Balaban J connectivity index is 2.72. The van der Waals surface area contributed by atoms with Gasteiger partial charge in [0.05, 0.1) is 6.61 Å². The van der Waals surface area contributed by atoms with Crippen molar-refractivity contribution >= 4 is 0 Å². The fourth-order valence-electron chi connectivity index (χ4n) is 3.62. The maximum atomic E-state index is 6.39. The first-order chi connectivity index (χ1) is 8.01. The van der Waals surface area contributed by atoms with E-state index in [1.54, 1.807) is 7.11 Å². The van der Waals surface area contributed by atoms with Crippen LogP contribution in [0.15, 0.2) is 0 Å². The molecule has 3 nitrogen and oxygen atoms in total. The van der Waals surface area contributed by atoms with E-state index >= 15 is 0 Å². The van der Waals surface area contributed by atoms with Gasteiger partial charge in [0.25, 0.3) is 0 Å². The summed E-state index contributed by atoms with van der Waals surface area (Å²) in [5.74, 6) is 1.46. The molecule has 5 atom stereocenters. The van der Waals surface area contributed by atoms with Gasteiger partial charge < -0.3 is 10.5 Å². The summed E-state index contributed by atoms with van der Waals surface area (Å²) < 4.78 is 5.29. The number of likely N-dealkylation sites (N-methyl/N-ethyl adjacent to an activating group) is 1. The number of hydrogen-bond acceptors (Lipinski definition) is 3. The molecule has 0 aromatic rings. The summed E-state index contributed by atoms with van der Waals surface area (Å²) >= 11 is 0. The molecule has 0 aliphatic heterocycles. The number of rotatable bonds is 5. The van der Waals surface area contributed by atoms with Crippen molar-refractivity contribution in [1.82, 2.24) is 4.90 Å². The zero-order valence-electron chi connectivity index (χ0n) is 12.1. The third-order valence-corrected chi connectivity index (χ3v) is 4.19. The molecule has 17 heavy (non-hydrogen) atoms. The standard InChI is InChI=1S/C14H30N2O/c1-6-16(12(4)9-17-5)14-11(3)7-10(2)8-13(14)15/h10-14H,6-9,15H2,1-5H3. The predicted molar refractivity (Wildman–Crippen MR) is 73.0 cm³/mol. The van der Waals surface area contributed by atoms with Crippen LogP contribution in [0.2, 0.25) is 0 Å². The third-order valence-electron chi connectivity index (χ3n) is 4.19. The highest BCUT2D eigenvalue weighted by atomic mass is 16.5. The van der Waals surface area contributed by atoms with Crippen LogP contribution in [0, 0.1) is 11.8 Å². The highest BCUT2D eigenvalue weighted by molar-refractivity contribution is 4.93. The Labute approximate surface area is 107 Å². The molecule has 1 rings (SSSR count). The van der Waals surface area contributed by atoms with Crippen molar-refractivity contribution in [1.29, 1.82) is 0 Å². The van der Waals surface area contributed by atoms with E-state index in [1.807, 2.05) is 0 Å². The van der Waals surface area contributed by atoms with Gasteiger partial charge in [0, 0.05) is 25.2 Å². The third kappa shape index (κ3) is 3.67. The predicted octanol–water partition coefficient (Wildman–Crippen LogP) is 2.11. The monoisotopic (exact) mass is 242 g/mol. The van der Waals surface area contributed by atoms with E-state index < -0.39 is 0 Å². The molecule has 1 aliphatic carbocycles. The topological polar surface area (TPSA) is 38.5 Å². The molecule has 0 aromatic carbocycles. The number of ether oxygens (including phenoxy) is 1. The molecule has 1 fully saturated rings. The molecule has 0 aromatic heterocycles. The lowest BCUT2D eigenvalue weighted by molar-refractivity contribution is 0.0196. The van der Waals surface area contributed by atoms with Crippen molar-refractivity contribution in [2.24, 2.45) is 17.6 Å². The van der Waals surface area contributed by atoms with Crippen LogP contribution in [0.5, 0.6) is 0 Å². The van der Waals surface area contributed by atoms with Crippen molar-refractivity contribution in [3.05, 3.63) is 0 Å². The van der Waals surface area contributed by atoms with Gasteiger partial charge in [0.1, 0.15) is 0 Å². The summed E-state index contributed by atoms with van der Waals surface area (Å²) in [7, 11) is 1.77. The summed E-state index contributed by atoms with van der Waals surface area (Å²) in [6.07, 6.45) is 2.46. The minimum atomic E-state index is 0.313. The molecule has 1 saturated carbocycles. The van der Waals surface area contributed by atoms with Crippen LogP contribution in [0.3, 0.4) is 0 Å². The summed E-state index contributed by atoms with van der Waals surface area (Å²) in [6, 6.07) is 1.28. The SMILES string of the molecule is CCN(C(C)COC)C1C(C)CC(C)CC1N.